The number of rotatable bonds is 0. The Bertz CT molecular complexity index is 388. The lowest BCUT2D eigenvalue weighted by Gasteiger charge is -2.15. The highest BCUT2D eigenvalue weighted by molar-refractivity contribution is 6.33. The Morgan fingerprint density at radius 1 is 1.40 bits per heavy atom. The van der Waals surface area contributed by atoms with Gasteiger partial charge in [0.2, 0.25) is 0 Å². The van der Waals surface area contributed by atoms with Gasteiger partial charge in [-0.1, -0.05) is 18.0 Å². The molecule has 0 aromatic heterocycles. The molecule has 0 fully saturated rings. The maximum Gasteiger partial charge on any atom is 0.127 e. The van der Waals surface area contributed by atoms with Crippen LogP contribution in [0.3, 0.4) is 0 Å². The Kier molecular flexibility index (Phi) is 3.22. The van der Waals surface area contributed by atoms with Gasteiger partial charge in [0.25, 0.3) is 0 Å². The summed E-state index contributed by atoms with van der Waals surface area (Å²) in [5, 5.41) is 0.512. The van der Waals surface area contributed by atoms with Gasteiger partial charge < -0.3 is 0 Å². The Morgan fingerprint density at radius 2 is 2.13 bits per heavy atom. The third-order valence-corrected chi connectivity index (χ3v) is 3.93. The molecule has 1 aliphatic carbocycles. The second-order valence-corrected chi connectivity index (χ2v) is 5.00. The third kappa shape index (κ3) is 2.00. The monoisotopic (exact) mass is 246 g/mol. The Morgan fingerprint density at radius 3 is 2.87 bits per heavy atom. The van der Waals surface area contributed by atoms with Crippen LogP contribution in [0.2, 0.25) is 5.02 Å². The van der Waals surface area contributed by atoms with E-state index in [1.165, 1.54) is 6.07 Å². The number of aryl methyl sites for hydroxylation is 1. The second-order valence-electron chi connectivity index (χ2n) is 4.09. The predicted octanol–water partition coefficient (Wildman–Crippen LogP) is 4.79. The van der Waals surface area contributed by atoms with Gasteiger partial charge in [-0.15, -0.1) is 11.6 Å². The van der Waals surface area contributed by atoms with Crippen LogP contribution in [-0.2, 0) is 6.42 Å². The minimum Gasteiger partial charge on any atom is -0.207 e. The number of fused-ring (bicyclic) bond motifs is 1. The molecule has 0 amide bonds. The molecule has 0 spiro atoms. The maximum atomic E-state index is 13.7. The van der Waals surface area contributed by atoms with E-state index < -0.39 is 0 Å². The number of hydrogen-bond donors (Lipinski definition) is 0. The van der Waals surface area contributed by atoms with Crippen LogP contribution in [0, 0.1) is 12.7 Å². The molecule has 0 bridgehead atoms. The highest BCUT2D eigenvalue weighted by atomic mass is 35.5. The standard InChI is InChI=1S/C12H13Cl2F/c1-7-6-10(15)8-4-2-3-5-9(13)11(8)12(7)14/h6,9H,2-5H2,1H3. The molecule has 0 nitrogen and oxygen atoms in total. The maximum absolute atomic E-state index is 13.7. The molecule has 2 rings (SSSR count). The normalized spacial score (nSPS) is 20.9. The molecule has 1 unspecified atom stereocenters. The first-order chi connectivity index (χ1) is 7.11. The lowest BCUT2D eigenvalue weighted by Crippen LogP contribution is -2.00. The summed E-state index contributed by atoms with van der Waals surface area (Å²) in [6.07, 6.45) is 3.67. The fourth-order valence-electron chi connectivity index (χ4n) is 2.16. The van der Waals surface area contributed by atoms with Crippen molar-refractivity contribution in [3.8, 4) is 0 Å². The van der Waals surface area contributed by atoms with Crippen LogP contribution in [0.1, 0.15) is 41.3 Å². The molecule has 15 heavy (non-hydrogen) atoms. The minimum absolute atomic E-state index is 0.135. The van der Waals surface area contributed by atoms with Crippen molar-refractivity contribution in [2.24, 2.45) is 0 Å². The van der Waals surface area contributed by atoms with Crippen molar-refractivity contribution in [1.29, 1.82) is 0 Å². The van der Waals surface area contributed by atoms with E-state index in [-0.39, 0.29) is 11.2 Å². The molecule has 0 saturated carbocycles. The summed E-state index contributed by atoms with van der Waals surface area (Å²) in [6, 6.07) is 1.51. The zero-order chi connectivity index (χ0) is 11.0. The molecule has 1 aromatic carbocycles. The van der Waals surface area contributed by atoms with Gasteiger partial charge >= 0.3 is 0 Å². The quantitative estimate of drug-likeness (QED) is 0.456. The van der Waals surface area contributed by atoms with Crippen LogP contribution in [0.4, 0.5) is 4.39 Å². The van der Waals surface area contributed by atoms with Crippen molar-refractivity contribution in [3.05, 3.63) is 33.6 Å². The molecule has 0 aliphatic heterocycles. The molecule has 1 atom stereocenters. The molecule has 3 heteroatoms. The second kappa shape index (κ2) is 4.31. The summed E-state index contributed by atoms with van der Waals surface area (Å²) in [5.41, 5.74) is 2.33. The number of halogens is 3. The van der Waals surface area contributed by atoms with Gasteiger partial charge in [0.15, 0.2) is 0 Å². The van der Waals surface area contributed by atoms with Crippen LogP contribution in [0.15, 0.2) is 6.07 Å². The van der Waals surface area contributed by atoms with Crippen molar-refractivity contribution < 1.29 is 4.39 Å². The number of alkyl halides is 1. The smallest absolute Gasteiger partial charge is 0.127 e. The van der Waals surface area contributed by atoms with Crippen LogP contribution < -0.4 is 0 Å². The van der Waals surface area contributed by atoms with Gasteiger partial charge in [-0.25, -0.2) is 4.39 Å². The van der Waals surface area contributed by atoms with E-state index in [1.54, 1.807) is 0 Å². The van der Waals surface area contributed by atoms with Gasteiger partial charge in [-0.3, -0.25) is 0 Å². The zero-order valence-electron chi connectivity index (χ0n) is 8.62. The van der Waals surface area contributed by atoms with E-state index in [0.29, 0.717) is 5.02 Å². The minimum atomic E-state index is -0.153. The average molecular weight is 247 g/mol. The zero-order valence-corrected chi connectivity index (χ0v) is 10.1. The van der Waals surface area contributed by atoms with Gasteiger partial charge in [-0.05, 0) is 48.9 Å². The summed E-state index contributed by atoms with van der Waals surface area (Å²) in [6.45, 7) is 1.82. The summed E-state index contributed by atoms with van der Waals surface area (Å²) < 4.78 is 13.7. The lowest BCUT2D eigenvalue weighted by molar-refractivity contribution is 0.603. The topological polar surface area (TPSA) is 0 Å². The predicted molar refractivity (Wildman–Crippen MR) is 62.3 cm³/mol. The average Bonchev–Trinajstić information content (AvgIpc) is 2.37. The molecule has 0 N–H and O–H groups in total. The molecule has 1 aliphatic rings. The molecular formula is C12H13Cl2F. The van der Waals surface area contributed by atoms with Gasteiger partial charge in [0.05, 0.1) is 5.38 Å². The number of hydrogen-bond acceptors (Lipinski definition) is 0. The fraction of sp³-hybridized carbons (Fsp3) is 0.500. The molecule has 0 heterocycles. The van der Waals surface area contributed by atoms with Crippen LogP contribution in [0.5, 0.6) is 0 Å². The van der Waals surface area contributed by atoms with Crippen LogP contribution in [0.25, 0.3) is 0 Å². The Labute approximate surface area is 99.4 Å². The van der Waals surface area contributed by atoms with E-state index in [2.05, 4.69) is 0 Å². The largest absolute Gasteiger partial charge is 0.207 e. The Balaban J connectivity index is 2.63. The van der Waals surface area contributed by atoms with Crippen molar-refractivity contribution >= 4 is 23.2 Å². The SMILES string of the molecule is Cc1cc(F)c2c(c1Cl)C(Cl)CCCC2. The van der Waals surface area contributed by atoms with Crippen LogP contribution >= 0.6 is 23.2 Å². The summed E-state index contributed by atoms with van der Waals surface area (Å²) in [7, 11) is 0. The lowest BCUT2D eigenvalue weighted by atomic mass is 9.99. The molecule has 1 aromatic rings. The first-order valence-corrected chi connectivity index (χ1v) is 6.04. The van der Waals surface area contributed by atoms with E-state index >= 15 is 0 Å². The van der Waals surface area contributed by atoms with E-state index in [0.717, 1.165) is 42.4 Å². The highest BCUT2D eigenvalue weighted by Gasteiger charge is 2.23. The molecular weight excluding hydrogens is 234 g/mol. The summed E-state index contributed by atoms with van der Waals surface area (Å²) in [5.74, 6) is -0.153. The molecule has 0 radical (unpaired) electrons. The van der Waals surface area contributed by atoms with Gasteiger partial charge in [-0.2, -0.15) is 0 Å². The van der Waals surface area contributed by atoms with Crippen molar-refractivity contribution in [3.63, 3.8) is 0 Å². The summed E-state index contributed by atoms with van der Waals surface area (Å²) in [4.78, 5) is 0. The van der Waals surface area contributed by atoms with Crippen LogP contribution in [-0.4, -0.2) is 0 Å². The first kappa shape index (κ1) is 11.2. The number of benzene rings is 1. The van der Waals surface area contributed by atoms with Crippen molar-refractivity contribution in [2.75, 3.05) is 0 Å². The molecule has 82 valence electrons. The molecule has 0 saturated heterocycles. The fourth-order valence-corrected chi connectivity index (χ4v) is 2.92. The third-order valence-electron chi connectivity index (χ3n) is 2.99. The van der Waals surface area contributed by atoms with Crippen molar-refractivity contribution in [2.45, 2.75) is 38.0 Å². The first-order valence-electron chi connectivity index (χ1n) is 5.22. The summed E-state index contributed by atoms with van der Waals surface area (Å²) >= 11 is 12.4. The van der Waals surface area contributed by atoms with E-state index in [1.807, 2.05) is 6.92 Å². The van der Waals surface area contributed by atoms with E-state index in [9.17, 15) is 4.39 Å². The Hall–Kier alpha value is -0.270. The van der Waals surface area contributed by atoms with Gasteiger partial charge in [0, 0.05) is 5.02 Å². The van der Waals surface area contributed by atoms with E-state index in [4.69, 9.17) is 23.2 Å². The highest BCUT2D eigenvalue weighted by Crippen LogP contribution is 2.40. The van der Waals surface area contributed by atoms with Gasteiger partial charge in [0.1, 0.15) is 5.82 Å². The van der Waals surface area contributed by atoms with Crippen molar-refractivity contribution in [1.82, 2.24) is 0 Å².